The van der Waals surface area contributed by atoms with Crippen molar-refractivity contribution in [2.75, 3.05) is 6.54 Å². The van der Waals surface area contributed by atoms with Crippen molar-refractivity contribution in [2.24, 2.45) is 0 Å². The van der Waals surface area contributed by atoms with Gasteiger partial charge in [-0.25, -0.2) is 9.78 Å². The zero-order valence-electron chi connectivity index (χ0n) is 16.7. The van der Waals surface area contributed by atoms with Crippen LogP contribution in [-0.2, 0) is 20.7 Å². The maximum absolute atomic E-state index is 12.0. The van der Waals surface area contributed by atoms with E-state index in [1.807, 2.05) is 6.07 Å². The van der Waals surface area contributed by atoms with Gasteiger partial charge < -0.3 is 20.1 Å². The average Bonchev–Trinajstić information content (AvgIpc) is 2.59. The molecule has 1 atom stereocenters. The summed E-state index contributed by atoms with van der Waals surface area (Å²) >= 11 is 0. The van der Waals surface area contributed by atoms with Crippen LogP contribution in [0.4, 0.5) is 0 Å². The summed E-state index contributed by atoms with van der Waals surface area (Å²) in [5.74, 6) is -0.595. The summed E-state index contributed by atoms with van der Waals surface area (Å²) in [6.45, 7) is 6.15. The highest BCUT2D eigenvalue weighted by Crippen LogP contribution is 2.14. The van der Waals surface area contributed by atoms with Crippen LogP contribution in [0, 0.1) is 0 Å². The number of aryl methyl sites for hydroxylation is 1. The van der Waals surface area contributed by atoms with Crippen LogP contribution in [0.2, 0.25) is 0 Å². The lowest BCUT2D eigenvalue weighted by Gasteiger charge is -2.27. The van der Waals surface area contributed by atoms with E-state index in [9.17, 15) is 19.5 Å². The molecule has 0 saturated heterocycles. The summed E-state index contributed by atoms with van der Waals surface area (Å²) in [6.07, 6.45) is 1.05. The highest BCUT2D eigenvalue weighted by atomic mass is 16.6. The topological polar surface area (TPSA) is 121 Å². The van der Waals surface area contributed by atoms with Gasteiger partial charge in [-0.3, -0.25) is 9.59 Å². The smallest absolute Gasteiger partial charge is 0.340 e. The summed E-state index contributed by atoms with van der Waals surface area (Å²) < 4.78 is 5.14. The molecule has 3 N–H and O–H groups in total. The van der Waals surface area contributed by atoms with Gasteiger partial charge in [-0.1, -0.05) is 12.1 Å². The molecular formula is C20H27N3O5. The van der Waals surface area contributed by atoms with E-state index in [4.69, 9.17) is 4.74 Å². The van der Waals surface area contributed by atoms with Crippen LogP contribution in [0.3, 0.4) is 0 Å². The number of hydrogen-bond acceptors (Lipinski definition) is 6. The van der Waals surface area contributed by atoms with Crippen molar-refractivity contribution in [3.05, 3.63) is 40.4 Å². The number of amides is 1. The van der Waals surface area contributed by atoms with Gasteiger partial charge in [0.25, 0.3) is 5.56 Å². The van der Waals surface area contributed by atoms with Gasteiger partial charge in [0.2, 0.25) is 5.91 Å². The van der Waals surface area contributed by atoms with Crippen molar-refractivity contribution < 1.29 is 19.4 Å². The Balaban J connectivity index is 1.83. The number of aromatic amines is 1. The first-order valence-electron chi connectivity index (χ1n) is 9.18. The lowest BCUT2D eigenvalue weighted by Crippen LogP contribution is -2.49. The minimum absolute atomic E-state index is 0.168. The molecule has 2 aromatic rings. The highest BCUT2D eigenvalue weighted by molar-refractivity contribution is 5.81. The lowest BCUT2D eigenvalue weighted by atomic mass is 10.1. The van der Waals surface area contributed by atoms with Crippen molar-refractivity contribution >= 4 is 22.8 Å². The second kappa shape index (κ2) is 8.52. The lowest BCUT2D eigenvalue weighted by molar-refractivity contribution is -0.174. The van der Waals surface area contributed by atoms with Gasteiger partial charge in [0.05, 0.1) is 17.4 Å². The van der Waals surface area contributed by atoms with Gasteiger partial charge >= 0.3 is 5.97 Å². The number of aliphatic hydroxyl groups is 1. The Labute approximate surface area is 163 Å². The molecule has 0 aliphatic carbocycles. The van der Waals surface area contributed by atoms with Crippen molar-refractivity contribution in [1.29, 1.82) is 0 Å². The number of rotatable bonds is 7. The van der Waals surface area contributed by atoms with Crippen LogP contribution in [0.1, 0.15) is 46.4 Å². The minimum atomic E-state index is -1.81. The fourth-order valence-corrected chi connectivity index (χ4v) is 2.49. The molecule has 0 aliphatic rings. The van der Waals surface area contributed by atoms with Crippen LogP contribution in [0.5, 0.6) is 0 Å². The van der Waals surface area contributed by atoms with E-state index in [0.717, 1.165) is 0 Å². The van der Waals surface area contributed by atoms with E-state index in [2.05, 4.69) is 15.3 Å². The maximum Gasteiger partial charge on any atom is 0.340 e. The standard InChI is InChI=1S/C20H27N3O5/c1-19(2,3)28-18(26)20(4,27)12-21-16(24)11-7-10-15-22-14-9-6-5-8-13(14)17(25)23-15/h5-6,8-9,27H,7,10-12H2,1-4H3,(H,21,24)(H,22,23,25). The number of ether oxygens (including phenoxy) is 1. The zero-order chi connectivity index (χ0) is 20.9. The number of hydrogen-bond donors (Lipinski definition) is 3. The summed E-state index contributed by atoms with van der Waals surface area (Å²) in [7, 11) is 0. The van der Waals surface area contributed by atoms with Gasteiger partial charge in [0.1, 0.15) is 11.4 Å². The average molecular weight is 389 g/mol. The van der Waals surface area contributed by atoms with Crippen LogP contribution in [-0.4, -0.2) is 44.7 Å². The van der Waals surface area contributed by atoms with Crippen LogP contribution < -0.4 is 10.9 Å². The van der Waals surface area contributed by atoms with Gasteiger partial charge in [-0.2, -0.15) is 0 Å². The third-order valence-corrected chi connectivity index (χ3v) is 3.95. The largest absolute Gasteiger partial charge is 0.458 e. The highest BCUT2D eigenvalue weighted by Gasteiger charge is 2.35. The Morgan fingerprint density at radius 3 is 2.57 bits per heavy atom. The molecule has 0 fully saturated rings. The molecule has 1 aromatic carbocycles. The van der Waals surface area contributed by atoms with E-state index < -0.39 is 17.2 Å². The number of fused-ring (bicyclic) bond motifs is 1. The Morgan fingerprint density at radius 1 is 1.21 bits per heavy atom. The molecule has 1 aromatic heterocycles. The molecule has 1 unspecified atom stereocenters. The Kier molecular flexibility index (Phi) is 6.56. The predicted molar refractivity (Wildman–Crippen MR) is 105 cm³/mol. The SMILES string of the molecule is CC(C)(C)OC(=O)C(C)(O)CNC(=O)CCCc1nc2ccccc2c(=O)[nH]1. The van der Waals surface area contributed by atoms with E-state index in [0.29, 0.717) is 29.6 Å². The van der Waals surface area contributed by atoms with E-state index in [-0.39, 0.29) is 24.4 Å². The first kappa shape index (κ1) is 21.6. The Bertz CT molecular complexity index is 912. The van der Waals surface area contributed by atoms with Crippen molar-refractivity contribution in [3.8, 4) is 0 Å². The summed E-state index contributed by atoms with van der Waals surface area (Å²) in [5.41, 5.74) is -2.14. The van der Waals surface area contributed by atoms with Crippen LogP contribution in [0.15, 0.2) is 29.1 Å². The summed E-state index contributed by atoms with van der Waals surface area (Å²) in [6, 6.07) is 7.05. The van der Waals surface area contributed by atoms with Gasteiger partial charge in [-0.05, 0) is 46.2 Å². The molecule has 0 aliphatic heterocycles. The fourth-order valence-electron chi connectivity index (χ4n) is 2.49. The molecular weight excluding hydrogens is 362 g/mol. The normalized spacial score (nSPS) is 13.8. The third kappa shape index (κ3) is 6.16. The van der Waals surface area contributed by atoms with Gasteiger partial charge in [0.15, 0.2) is 5.60 Å². The van der Waals surface area contributed by atoms with Crippen molar-refractivity contribution in [2.45, 2.75) is 58.2 Å². The molecule has 1 amide bonds. The van der Waals surface area contributed by atoms with Crippen LogP contribution >= 0.6 is 0 Å². The number of nitrogens with one attached hydrogen (secondary N) is 2. The van der Waals surface area contributed by atoms with E-state index in [1.54, 1.807) is 39.0 Å². The van der Waals surface area contributed by atoms with E-state index >= 15 is 0 Å². The Morgan fingerprint density at radius 2 is 1.89 bits per heavy atom. The van der Waals surface area contributed by atoms with Gasteiger partial charge in [0, 0.05) is 12.8 Å². The first-order valence-corrected chi connectivity index (χ1v) is 9.18. The minimum Gasteiger partial charge on any atom is -0.458 e. The molecule has 28 heavy (non-hydrogen) atoms. The number of para-hydroxylation sites is 1. The maximum atomic E-state index is 12.0. The molecule has 8 heteroatoms. The Hall–Kier alpha value is -2.74. The quantitative estimate of drug-likeness (QED) is 0.616. The summed E-state index contributed by atoms with van der Waals surface area (Å²) in [4.78, 5) is 43.1. The molecule has 152 valence electrons. The van der Waals surface area contributed by atoms with E-state index in [1.165, 1.54) is 6.92 Å². The van der Waals surface area contributed by atoms with Crippen LogP contribution in [0.25, 0.3) is 10.9 Å². The third-order valence-electron chi connectivity index (χ3n) is 3.95. The van der Waals surface area contributed by atoms with Crippen molar-refractivity contribution in [1.82, 2.24) is 15.3 Å². The molecule has 8 nitrogen and oxygen atoms in total. The monoisotopic (exact) mass is 389 g/mol. The predicted octanol–water partition coefficient (Wildman–Crippen LogP) is 1.45. The summed E-state index contributed by atoms with van der Waals surface area (Å²) in [5, 5.41) is 13.2. The number of aromatic nitrogens is 2. The molecule has 0 radical (unpaired) electrons. The second-order valence-corrected chi connectivity index (χ2v) is 7.94. The molecule has 0 spiro atoms. The molecule has 0 bridgehead atoms. The van der Waals surface area contributed by atoms with Crippen molar-refractivity contribution in [3.63, 3.8) is 0 Å². The number of H-pyrrole nitrogens is 1. The zero-order valence-corrected chi connectivity index (χ0v) is 16.7. The molecule has 2 rings (SSSR count). The number of nitrogens with zero attached hydrogens (tertiary/aromatic N) is 1. The molecule has 1 heterocycles. The number of carbonyl (C=O) groups excluding carboxylic acids is 2. The number of benzene rings is 1. The first-order chi connectivity index (χ1) is 13.0. The number of carbonyl (C=O) groups is 2. The number of esters is 1. The molecule has 0 saturated carbocycles. The van der Waals surface area contributed by atoms with Gasteiger partial charge in [-0.15, -0.1) is 0 Å². The fraction of sp³-hybridized carbons (Fsp3) is 0.500. The second-order valence-electron chi connectivity index (χ2n) is 7.94.